The largest absolute Gasteiger partial charge is 0.416 e. The van der Waals surface area contributed by atoms with Crippen LogP contribution in [0.2, 0.25) is 0 Å². The highest BCUT2D eigenvalue weighted by atomic mass is 19.4. The van der Waals surface area contributed by atoms with Crippen LogP contribution in [0.25, 0.3) is 28.1 Å². The Morgan fingerprint density at radius 1 is 1.06 bits per heavy atom. The highest BCUT2D eigenvalue weighted by Crippen LogP contribution is 2.30. The van der Waals surface area contributed by atoms with Gasteiger partial charge in [-0.25, -0.2) is 9.97 Å². The molecule has 0 spiro atoms. The first-order valence-electron chi connectivity index (χ1n) is 9.62. The molecular weight excluding hydrogens is 423 g/mol. The molecule has 0 bridgehead atoms. The van der Waals surface area contributed by atoms with Crippen LogP contribution in [-0.2, 0) is 6.18 Å². The number of hydrogen-bond acceptors (Lipinski definition) is 6. The molecular formula is C21H16F3N7O. The second kappa shape index (κ2) is 7.31. The van der Waals surface area contributed by atoms with E-state index in [0.29, 0.717) is 28.5 Å². The van der Waals surface area contributed by atoms with Crippen molar-refractivity contribution >= 4 is 28.3 Å². The van der Waals surface area contributed by atoms with Crippen LogP contribution in [-0.4, -0.2) is 34.7 Å². The van der Waals surface area contributed by atoms with Gasteiger partial charge in [0.1, 0.15) is 11.9 Å². The number of H-pyrrole nitrogens is 1. The number of aromatic amines is 1. The van der Waals surface area contributed by atoms with Crippen molar-refractivity contribution in [3.63, 3.8) is 0 Å². The number of aromatic nitrogens is 6. The molecule has 0 fully saturated rings. The average Bonchev–Trinajstić information content (AvgIpc) is 3.36. The zero-order valence-electron chi connectivity index (χ0n) is 16.6. The smallest absolute Gasteiger partial charge is 0.385 e. The number of aliphatic hydroxyl groups is 1. The van der Waals surface area contributed by atoms with Crippen molar-refractivity contribution in [2.75, 3.05) is 5.32 Å². The number of halogens is 3. The minimum atomic E-state index is -4.40. The molecule has 5 rings (SSSR count). The molecule has 0 saturated heterocycles. The molecule has 0 aliphatic carbocycles. The molecule has 0 amide bonds. The van der Waals surface area contributed by atoms with Gasteiger partial charge >= 0.3 is 6.18 Å². The lowest BCUT2D eigenvalue weighted by molar-refractivity contribution is -0.137. The number of alkyl halides is 3. The number of fused-ring (bicyclic) bond motifs is 2. The molecule has 3 N–H and O–H groups in total. The van der Waals surface area contributed by atoms with E-state index in [2.05, 4.69) is 30.4 Å². The Kier molecular flexibility index (Phi) is 4.55. The lowest BCUT2D eigenvalue weighted by Gasteiger charge is -2.07. The second-order valence-corrected chi connectivity index (χ2v) is 7.20. The van der Waals surface area contributed by atoms with Gasteiger partial charge in [0.2, 0.25) is 5.95 Å². The summed E-state index contributed by atoms with van der Waals surface area (Å²) in [5.74, 6) is 1.20. The van der Waals surface area contributed by atoms with Crippen molar-refractivity contribution < 1.29 is 18.3 Å². The van der Waals surface area contributed by atoms with Crippen LogP contribution in [0.1, 0.15) is 24.4 Å². The molecule has 1 atom stereocenters. The molecule has 8 nitrogen and oxygen atoms in total. The molecule has 3 aromatic heterocycles. The predicted octanol–water partition coefficient (Wildman–Crippen LogP) is 4.48. The first-order chi connectivity index (χ1) is 15.3. The molecule has 0 radical (unpaired) electrons. The molecule has 11 heteroatoms. The van der Waals surface area contributed by atoms with E-state index >= 15 is 0 Å². The van der Waals surface area contributed by atoms with Crippen molar-refractivity contribution in [1.82, 2.24) is 29.5 Å². The number of imidazole rings is 1. The number of rotatable bonds is 4. The minimum absolute atomic E-state index is 0.220. The van der Waals surface area contributed by atoms with Crippen LogP contribution in [0.5, 0.6) is 0 Å². The average molecular weight is 439 g/mol. The van der Waals surface area contributed by atoms with E-state index in [1.54, 1.807) is 23.7 Å². The van der Waals surface area contributed by atoms with Gasteiger partial charge < -0.3 is 15.4 Å². The third kappa shape index (κ3) is 3.62. The Balaban J connectivity index is 1.49. The summed E-state index contributed by atoms with van der Waals surface area (Å²) in [5.41, 5.74) is 2.40. The number of anilines is 2. The maximum atomic E-state index is 12.8. The molecule has 1 unspecified atom stereocenters. The van der Waals surface area contributed by atoms with Gasteiger partial charge in [-0.2, -0.15) is 22.7 Å². The van der Waals surface area contributed by atoms with Crippen LogP contribution < -0.4 is 5.32 Å². The fourth-order valence-corrected chi connectivity index (χ4v) is 3.30. The summed E-state index contributed by atoms with van der Waals surface area (Å²) in [4.78, 5) is 16.2. The number of benzene rings is 2. The van der Waals surface area contributed by atoms with Gasteiger partial charge in [-0.15, -0.1) is 5.10 Å². The summed E-state index contributed by atoms with van der Waals surface area (Å²) >= 11 is 0. The first-order valence-corrected chi connectivity index (χ1v) is 9.62. The van der Waals surface area contributed by atoms with Crippen LogP contribution in [0.4, 0.5) is 24.8 Å². The third-order valence-electron chi connectivity index (χ3n) is 4.88. The van der Waals surface area contributed by atoms with Crippen molar-refractivity contribution in [2.24, 2.45) is 0 Å². The Bertz CT molecular complexity index is 1420. The Hall–Kier alpha value is -3.99. The van der Waals surface area contributed by atoms with Gasteiger partial charge in [0.05, 0.1) is 16.6 Å². The van der Waals surface area contributed by atoms with E-state index in [1.807, 2.05) is 18.2 Å². The van der Waals surface area contributed by atoms with Gasteiger partial charge in [-0.3, -0.25) is 0 Å². The quantitative estimate of drug-likeness (QED) is 0.381. The SMILES string of the molecule is CC(O)c1nc2ccc(-c3nccc4nc(Nc5ccc(C(F)(F)F)cc5)nn34)cc2[nH]1. The topological polar surface area (TPSA) is 104 Å². The molecule has 0 aliphatic heterocycles. The Morgan fingerprint density at radius 3 is 2.56 bits per heavy atom. The van der Waals surface area contributed by atoms with Crippen LogP contribution in [0.3, 0.4) is 0 Å². The molecule has 2 aromatic carbocycles. The number of aliphatic hydroxyl groups excluding tert-OH is 1. The van der Waals surface area contributed by atoms with E-state index in [0.717, 1.165) is 23.2 Å². The van der Waals surface area contributed by atoms with E-state index in [9.17, 15) is 18.3 Å². The van der Waals surface area contributed by atoms with Gasteiger partial charge in [0.15, 0.2) is 11.5 Å². The van der Waals surface area contributed by atoms with Crippen LogP contribution in [0, 0.1) is 0 Å². The first kappa shape index (κ1) is 19.9. The summed E-state index contributed by atoms with van der Waals surface area (Å²) < 4.78 is 39.8. The number of nitrogens with one attached hydrogen (secondary N) is 2. The molecule has 32 heavy (non-hydrogen) atoms. The van der Waals surface area contributed by atoms with Gasteiger partial charge in [0, 0.05) is 23.5 Å². The molecule has 162 valence electrons. The van der Waals surface area contributed by atoms with E-state index in [-0.39, 0.29) is 5.95 Å². The Morgan fingerprint density at radius 2 is 1.84 bits per heavy atom. The molecule has 5 aromatic rings. The lowest BCUT2D eigenvalue weighted by atomic mass is 10.2. The fourth-order valence-electron chi connectivity index (χ4n) is 3.30. The van der Waals surface area contributed by atoms with Crippen molar-refractivity contribution in [3.05, 3.63) is 66.1 Å². The lowest BCUT2D eigenvalue weighted by Crippen LogP contribution is -2.04. The van der Waals surface area contributed by atoms with Gasteiger partial charge in [0.25, 0.3) is 0 Å². The summed E-state index contributed by atoms with van der Waals surface area (Å²) in [7, 11) is 0. The molecule has 0 saturated carbocycles. The Labute approximate surface area is 178 Å². The van der Waals surface area contributed by atoms with Crippen molar-refractivity contribution in [2.45, 2.75) is 19.2 Å². The summed E-state index contributed by atoms with van der Waals surface area (Å²) in [5, 5.41) is 17.1. The van der Waals surface area contributed by atoms with Crippen LogP contribution >= 0.6 is 0 Å². The normalized spacial score (nSPS) is 13.0. The summed E-state index contributed by atoms with van der Waals surface area (Å²) in [6.45, 7) is 1.63. The highest BCUT2D eigenvalue weighted by molar-refractivity contribution is 5.81. The minimum Gasteiger partial charge on any atom is -0.385 e. The standard InChI is InChI=1S/C21H16F3N7O/c1-11(32)18-27-15-7-2-12(10-16(15)28-18)19-25-9-8-17-29-20(30-31(17)19)26-14-5-3-13(4-6-14)21(22,23)24/h2-11,32H,1H3,(H,26,30)(H,27,28). The maximum absolute atomic E-state index is 12.8. The number of hydrogen-bond donors (Lipinski definition) is 3. The van der Waals surface area contributed by atoms with Gasteiger partial charge in [-0.1, -0.05) is 0 Å². The van der Waals surface area contributed by atoms with E-state index in [4.69, 9.17) is 0 Å². The van der Waals surface area contributed by atoms with Crippen molar-refractivity contribution in [3.8, 4) is 11.4 Å². The van der Waals surface area contributed by atoms with Crippen LogP contribution in [0.15, 0.2) is 54.7 Å². The third-order valence-corrected chi connectivity index (χ3v) is 4.88. The predicted molar refractivity (Wildman–Crippen MR) is 111 cm³/mol. The summed E-state index contributed by atoms with van der Waals surface area (Å²) in [6.07, 6.45) is -3.52. The second-order valence-electron chi connectivity index (χ2n) is 7.20. The van der Waals surface area contributed by atoms with E-state index in [1.165, 1.54) is 12.1 Å². The highest BCUT2D eigenvalue weighted by Gasteiger charge is 2.30. The van der Waals surface area contributed by atoms with E-state index < -0.39 is 17.8 Å². The zero-order valence-corrected chi connectivity index (χ0v) is 16.6. The number of nitrogens with zero attached hydrogens (tertiary/aromatic N) is 5. The maximum Gasteiger partial charge on any atom is 0.416 e. The monoisotopic (exact) mass is 439 g/mol. The summed E-state index contributed by atoms with van der Waals surface area (Å²) in [6, 6.07) is 11.8. The molecule has 0 aliphatic rings. The van der Waals surface area contributed by atoms with Gasteiger partial charge in [-0.05, 0) is 49.4 Å². The zero-order chi connectivity index (χ0) is 22.5. The molecule has 3 heterocycles. The van der Waals surface area contributed by atoms with Crippen molar-refractivity contribution in [1.29, 1.82) is 0 Å². The fraction of sp³-hybridized carbons (Fsp3) is 0.143.